The highest BCUT2D eigenvalue weighted by atomic mass is 79.9. The van der Waals surface area contributed by atoms with Gasteiger partial charge in [0.15, 0.2) is 0 Å². The summed E-state index contributed by atoms with van der Waals surface area (Å²) >= 11 is 3.45. The van der Waals surface area contributed by atoms with Gasteiger partial charge in [-0.3, -0.25) is 0 Å². The van der Waals surface area contributed by atoms with Crippen LogP contribution in [0.3, 0.4) is 0 Å². The first-order chi connectivity index (χ1) is 8.86. The first-order valence-corrected chi connectivity index (χ1v) is 7.36. The number of nitriles is 1. The van der Waals surface area contributed by atoms with Crippen molar-refractivity contribution < 1.29 is 0 Å². The summed E-state index contributed by atoms with van der Waals surface area (Å²) < 4.78 is 2.19. The Bertz CT molecular complexity index is 554. The number of fused-ring (bicyclic) bond motifs is 1. The summed E-state index contributed by atoms with van der Waals surface area (Å²) in [5.41, 5.74) is 2.13. The molecule has 94 valence electrons. The maximum Gasteiger partial charge on any atom is 0.124 e. The topological polar surface area (TPSA) is 41.6 Å². The number of aromatic nitrogens is 2. The number of aryl methyl sites for hydroxylation is 1. The molecule has 0 amide bonds. The molecule has 18 heavy (non-hydrogen) atoms. The molecule has 0 atom stereocenters. The van der Waals surface area contributed by atoms with E-state index in [2.05, 4.69) is 37.6 Å². The van der Waals surface area contributed by atoms with E-state index < -0.39 is 0 Å². The first kappa shape index (κ1) is 13.1. The Labute approximate surface area is 116 Å². The summed E-state index contributed by atoms with van der Waals surface area (Å²) in [5, 5.41) is 9.93. The Morgan fingerprint density at radius 1 is 1.22 bits per heavy atom. The van der Waals surface area contributed by atoms with Crippen LogP contribution in [0.25, 0.3) is 11.0 Å². The molecule has 4 heteroatoms. The van der Waals surface area contributed by atoms with Gasteiger partial charge < -0.3 is 4.57 Å². The molecule has 3 nitrogen and oxygen atoms in total. The molecule has 0 aliphatic carbocycles. The number of unbranched alkanes of at least 4 members (excludes halogenated alkanes) is 2. The van der Waals surface area contributed by atoms with E-state index in [-0.39, 0.29) is 0 Å². The van der Waals surface area contributed by atoms with E-state index in [4.69, 9.17) is 5.26 Å². The van der Waals surface area contributed by atoms with Crippen molar-refractivity contribution in [1.29, 1.82) is 5.26 Å². The third kappa shape index (κ3) is 2.91. The van der Waals surface area contributed by atoms with Crippen LogP contribution in [0.1, 0.15) is 25.1 Å². The number of imidazole rings is 1. The van der Waals surface area contributed by atoms with Gasteiger partial charge in [0.1, 0.15) is 5.82 Å². The molecule has 0 aliphatic heterocycles. The predicted octanol–water partition coefficient (Wildman–Crippen LogP) is 3.67. The van der Waals surface area contributed by atoms with E-state index in [0.29, 0.717) is 6.42 Å². The summed E-state index contributed by atoms with van der Waals surface area (Å²) in [4.78, 5) is 4.53. The zero-order valence-electron chi connectivity index (χ0n) is 10.3. The van der Waals surface area contributed by atoms with E-state index in [1.165, 1.54) is 12.8 Å². The van der Waals surface area contributed by atoms with E-state index in [1.807, 2.05) is 18.2 Å². The third-order valence-electron chi connectivity index (χ3n) is 2.99. The van der Waals surface area contributed by atoms with Crippen LogP contribution in [0.5, 0.6) is 0 Å². The minimum absolute atomic E-state index is 0.382. The fourth-order valence-corrected chi connectivity index (χ4v) is 2.52. The summed E-state index contributed by atoms with van der Waals surface area (Å²) in [6, 6.07) is 10.3. The molecule has 0 unspecified atom stereocenters. The van der Waals surface area contributed by atoms with Gasteiger partial charge >= 0.3 is 0 Å². The molecule has 0 spiro atoms. The Morgan fingerprint density at radius 3 is 2.83 bits per heavy atom. The Hall–Kier alpha value is -1.34. The normalized spacial score (nSPS) is 10.7. The number of hydrogen-bond acceptors (Lipinski definition) is 2. The van der Waals surface area contributed by atoms with Crippen LogP contribution in [0.4, 0.5) is 0 Å². The lowest BCUT2D eigenvalue weighted by molar-refractivity contribution is 0.600. The Balaban J connectivity index is 2.22. The van der Waals surface area contributed by atoms with Crippen molar-refractivity contribution in [3.8, 4) is 6.07 Å². The molecule has 2 aromatic rings. The van der Waals surface area contributed by atoms with Gasteiger partial charge in [-0.05, 0) is 25.0 Å². The van der Waals surface area contributed by atoms with Gasteiger partial charge in [-0.25, -0.2) is 4.98 Å². The monoisotopic (exact) mass is 305 g/mol. The Kier molecular flexibility index (Phi) is 4.77. The highest BCUT2D eigenvalue weighted by molar-refractivity contribution is 9.09. The number of nitrogens with zero attached hydrogens (tertiary/aromatic N) is 3. The number of alkyl halides is 1. The number of hydrogen-bond donors (Lipinski definition) is 0. The lowest BCUT2D eigenvalue weighted by Gasteiger charge is -2.06. The lowest BCUT2D eigenvalue weighted by atomic mass is 10.2. The molecule has 0 bridgehead atoms. The van der Waals surface area contributed by atoms with E-state index in [1.54, 1.807) is 0 Å². The Morgan fingerprint density at radius 2 is 2.06 bits per heavy atom. The minimum atomic E-state index is 0.382. The average Bonchev–Trinajstić information content (AvgIpc) is 2.73. The summed E-state index contributed by atoms with van der Waals surface area (Å²) in [6.07, 6.45) is 3.90. The van der Waals surface area contributed by atoms with Gasteiger partial charge in [0.25, 0.3) is 0 Å². The largest absolute Gasteiger partial charge is 0.327 e. The van der Waals surface area contributed by atoms with Gasteiger partial charge in [0.05, 0.1) is 23.5 Å². The molecule has 1 aromatic carbocycles. The molecule has 2 rings (SSSR count). The molecule has 0 fully saturated rings. The van der Waals surface area contributed by atoms with Crippen LogP contribution in [0, 0.1) is 11.3 Å². The number of rotatable bonds is 6. The fourth-order valence-electron chi connectivity index (χ4n) is 2.12. The second kappa shape index (κ2) is 6.55. The molecule has 1 heterocycles. The van der Waals surface area contributed by atoms with Gasteiger partial charge in [0.2, 0.25) is 0 Å². The maximum atomic E-state index is 8.87. The van der Waals surface area contributed by atoms with Crippen LogP contribution in [0.15, 0.2) is 24.3 Å². The average molecular weight is 306 g/mol. The molecule has 0 saturated heterocycles. The lowest BCUT2D eigenvalue weighted by Crippen LogP contribution is -2.03. The molecule has 0 aliphatic rings. The van der Waals surface area contributed by atoms with Crippen LogP contribution in [-0.2, 0) is 13.0 Å². The molecular weight excluding hydrogens is 290 g/mol. The van der Waals surface area contributed by atoms with E-state index in [0.717, 1.165) is 35.2 Å². The van der Waals surface area contributed by atoms with E-state index in [9.17, 15) is 0 Å². The summed E-state index contributed by atoms with van der Waals surface area (Å²) in [7, 11) is 0. The zero-order chi connectivity index (χ0) is 12.8. The van der Waals surface area contributed by atoms with Crippen LogP contribution < -0.4 is 0 Å². The highest BCUT2D eigenvalue weighted by Gasteiger charge is 2.09. The minimum Gasteiger partial charge on any atom is -0.327 e. The molecular formula is C14H16BrN3. The number of para-hydroxylation sites is 2. The number of halogens is 1. The molecule has 0 saturated carbocycles. The van der Waals surface area contributed by atoms with Crippen molar-refractivity contribution in [3.05, 3.63) is 30.1 Å². The first-order valence-electron chi connectivity index (χ1n) is 6.24. The number of benzene rings is 1. The summed E-state index contributed by atoms with van der Waals surface area (Å²) in [6.45, 7) is 0.949. The quantitative estimate of drug-likeness (QED) is 0.603. The second-order valence-electron chi connectivity index (χ2n) is 4.25. The van der Waals surface area contributed by atoms with Gasteiger partial charge in [0, 0.05) is 11.9 Å². The summed E-state index contributed by atoms with van der Waals surface area (Å²) in [5.74, 6) is 0.887. The van der Waals surface area contributed by atoms with Crippen LogP contribution in [-0.4, -0.2) is 14.9 Å². The zero-order valence-corrected chi connectivity index (χ0v) is 11.9. The van der Waals surface area contributed by atoms with Crippen LogP contribution in [0.2, 0.25) is 0 Å². The second-order valence-corrected chi connectivity index (χ2v) is 5.05. The van der Waals surface area contributed by atoms with Crippen molar-refractivity contribution in [2.45, 2.75) is 32.2 Å². The molecule has 0 N–H and O–H groups in total. The third-order valence-corrected chi connectivity index (χ3v) is 3.55. The van der Waals surface area contributed by atoms with Gasteiger partial charge in [-0.15, -0.1) is 0 Å². The highest BCUT2D eigenvalue weighted by Crippen LogP contribution is 2.17. The fraction of sp³-hybridized carbons (Fsp3) is 0.429. The van der Waals surface area contributed by atoms with Crippen LogP contribution >= 0.6 is 15.9 Å². The molecule has 1 aromatic heterocycles. The van der Waals surface area contributed by atoms with Crippen molar-refractivity contribution in [1.82, 2.24) is 9.55 Å². The predicted molar refractivity (Wildman–Crippen MR) is 76.7 cm³/mol. The van der Waals surface area contributed by atoms with Gasteiger partial charge in [-0.2, -0.15) is 5.26 Å². The SMILES string of the molecule is N#CCc1nc2ccccc2n1CCCCCBr. The van der Waals surface area contributed by atoms with E-state index >= 15 is 0 Å². The van der Waals surface area contributed by atoms with Crippen molar-refractivity contribution in [2.24, 2.45) is 0 Å². The van der Waals surface area contributed by atoms with Crippen molar-refractivity contribution in [2.75, 3.05) is 5.33 Å². The van der Waals surface area contributed by atoms with Gasteiger partial charge in [-0.1, -0.05) is 34.5 Å². The maximum absolute atomic E-state index is 8.87. The smallest absolute Gasteiger partial charge is 0.124 e. The van der Waals surface area contributed by atoms with Crippen molar-refractivity contribution >= 4 is 27.0 Å². The standard InChI is InChI=1S/C14H16BrN3/c15-9-4-1-5-11-18-13-7-3-2-6-12(13)17-14(18)8-10-16/h2-3,6-7H,1,4-5,8-9,11H2. The van der Waals surface area contributed by atoms with Crippen molar-refractivity contribution in [3.63, 3.8) is 0 Å². The molecule has 0 radical (unpaired) electrons.